The number of aryl methyl sites for hydroxylation is 1. The van der Waals surface area contributed by atoms with Crippen molar-refractivity contribution in [2.24, 2.45) is 0 Å². The normalized spacial score (nSPS) is 11.9. The van der Waals surface area contributed by atoms with Crippen molar-refractivity contribution in [3.63, 3.8) is 0 Å². The topological polar surface area (TPSA) is 42.2 Å². The first-order valence-electron chi connectivity index (χ1n) is 8.69. The van der Waals surface area contributed by atoms with Crippen molar-refractivity contribution in [3.8, 4) is 0 Å². The summed E-state index contributed by atoms with van der Waals surface area (Å²) in [7, 11) is 0. The summed E-state index contributed by atoms with van der Waals surface area (Å²) in [6.07, 6.45) is 0. The molecule has 0 aliphatic carbocycles. The van der Waals surface area contributed by atoms with Crippen molar-refractivity contribution < 1.29 is 9.21 Å². The molecule has 0 spiro atoms. The number of carbonyl (C=O) groups excluding carboxylic acids is 1. The number of hydrogen-bond acceptors (Lipinski definition) is 3. The first kappa shape index (κ1) is 18.3. The van der Waals surface area contributed by atoms with Crippen molar-refractivity contribution >= 4 is 17.7 Å². The molecule has 0 bridgehead atoms. The van der Waals surface area contributed by atoms with Crippen LogP contribution in [0.15, 0.2) is 71.1 Å². The van der Waals surface area contributed by atoms with Gasteiger partial charge in [0.15, 0.2) is 5.76 Å². The molecule has 1 amide bonds. The number of furan rings is 1. The molecule has 1 atom stereocenters. The summed E-state index contributed by atoms with van der Waals surface area (Å²) >= 11 is 1.78. The zero-order chi connectivity index (χ0) is 18.4. The highest BCUT2D eigenvalue weighted by molar-refractivity contribution is 7.97. The molecule has 4 heteroatoms. The summed E-state index contributed by atoms with van der Waals surface area (Å²) < 4.78 is 5.71. The van der Waals surface area contributed by atoms with E-state index in [4.69, 9.17) is 4.42 Å². The quantitative estimate of drug-likeness (QED) is 0.600. The molecule has 26 heavy (non-hydrogen) atoms. The fraction of sp³-hybridized carbons (Fsp3) is 0.227. The van der Waals surface area contributed by atoms with E-state index in [1.165, 1.54) is 11.1 Å². The van der Waals surface area contributed by atoms with Crippen LogP contribution in [0.1, 0.15) is 46.0 Å². The second-order valence-corrected chi connectivity index (χ2v) is 7.34. The van der Waals surface area contributed by atoms with Crippen molar-refractivity contribution in [2.45, 2.75) is 31.4 Å². The van der Waals surface area contributed by atoms with Gasteiger partial charge in [-0.1, -0.05) is 60.2 Å². The highest BCUT2D eigenvalue weighted by Crippen LogP contribution is 2.21. The molecular formula is C22H23NO2S. The van der Waals surface area contributed by atoms with Gasteiger partial charge in [0, 0.05) is 5.75 Å². The maximum Gasteiger partial charge on any atom is 0.287 e. The van der Waals surface area contributed by atoms with Gasteiger partial charge in [-0.25, -0.2) is 0 Å². The average molecular weight is 365 g/mol. The van der Waals surface area contributed by atoms with E-state index >= 15 is 0 Å². The second-order valence-electron chi connectivity index (χ2n) is 6.35. The van der Waals surface area contributed by atoms with Crippen LogP contribution in [0, 0.1) is 6.92 Å². The van der Waals surface area contributed by atoms with Gasteiger partial charge in [0.1, 0.15) is 5.76 Å². The van der Waals surface area contributed by atoms with E-state index in [0.29, 0.717) is 5.76 Å². The number of hydrogen-bond donors (Lipinski definition) is 1. The van der Waals surface area contributed by atoms with Gasteiger partial charge in [0.05, 0.1) is 11.8 Å². The molecule has 1 N–H and O–H groups in total. The maximum absolute atomic E-state index is 12.4. The van der Waals surface area contributed by atoms with Crippen LogP contribution < -0.4 is 5.32 Å². The van der Waals surface area contributed by atoms with E-state index in [9.17, 15) is 4.79 Å². The predicted octanol–water partition coefficient (Wildman–Crippen LogP) is 5.51. The monoisotopic (exact) mass is 365 g/mol. The summed E-state index contributed by atoms with van der Waals surface area (Å²) in [6.45, 7) is 4.07. The Morgan fingerprint density at radius 1 is 1.04 bits per heavy atom. The zero-order valence-corrected chi connectivity index (χ0v) is 15.9. The Morgan fingerprint density at radius 3 is 2.62 bits per heavy atom. The Bertz CT molecular complexity index is 857. The molecule has 1 aromatic heterocycles. The largest absolute Gasteiger partial charge is 0.455 e. The Balaban J connectivity index is 1.51. The fourth-order valence-corrected chi connectivity index (χ4v) is 3.62. The summed E-state index contributed by atoms with van der Waals surface area (Å²) in [5.74, 6) is 2.67. The molecule has 0 saturated heterocycles. The zero-order valence-electron chi connectivity index (χ0n) is 15.1. The highest BCUT2D eigenvalue weighted by Gasteiger charge is 2.15. The lowest BCUT2D eigenvalue weighted by Crippen LogP contribution is -2.26. The van der Waals surface area contributed by atoms with Crippen molar-refractivity contribution in [1.82, 2.24) is 5.32 Å². The predicted molar refractivity (Wildman–Crippen MR) is 107 cm³/mol. The number of amides is 1. The Hall–Kier alpha value is -2.46. The van der Waals surface area contributed by atoms with Gasteiger partial charge in [-0.3, -0.25) is 4.79 Å². The molecule has 0 aliphatic rings. The van der Waals surface area contributed by atoms with Crippen LogP contribution in [0.5, 0.6) is 0 Å². The van der Waals surface area contributed by atoms with Gasteiger partial charge in [-0.05, 0) is 37.1 Å². The number of rotatable bonds is 7. The fourth-order valence-electron chi connectivity index (χ4n) is 2.74. The van der Waals surface area contributed by atoms with Crippen molar-refractivity contribution in [2.75, 3.05) is 0 Å². The summed E-state index contributed by atoms with van der Waals surface area (Å²) in [5, 5.41) is 2.97. The van der Waals surface area contributed by atoms with Crippen LogP contribution >= 0.6 is 11.8 Å². The van der Waals surface area contributed by atoms with Crippen LogP contribution in [0.25, 0.3) is 0 Å². The molecule has 0 saturated carbocycles. The maximum atomic E-state index is 12.4. The molecule has 2 aromatic carbocycles. The standard InChI is InChI=1S/C22H23NO2S/c1-16-7-6-8-18(13-16)14-26-15-20-11-12-21(25-20)22(24)23-17(2)19-9-4-3-5-10-19/h3-13,17H,14-15H2,1-2H3,(H,23,24)/t17-/m0/s1. The first-order chi connectivity index (χ1) is 12.6. The molecule has 3 aromatic rings. The van der Waals surface area contributed by atoms with Crippen molar-refractivity contribution in [1.29, 1.82) is 0 Å². The van der Waals surface area contributed by atoms with Crippen LogP contribution in [-0.2, 0) is 11.5 Å². The van der Waals surface area contributed by atoms with Gasteiger partial charge in [-0.15, -0.1) is 11.8 Å². The SMILES string of the molecule is Cc1cccc(CSCc2ccc(C(=O)N[C@@H](C)c3ccccc3)o2)c1. The minimum Gasteiger partial charge on any atom is -0.455 e. The third kappa shape index (κ3) is 5.02. The van der Waals surface area contributed by atoms with E-state index in [1.807, 2.05) is 43.3 Å². The minimum absolute atomic E-state index is 0.0621. The molecular weight excluding hydrogens is 342 g/mol. The first-order valence-corrected chi connectivity index (χ1v) is 9.85. The van der Waals surface area contributed by atoms with Crippen LogP contribution in [0.2, 0.25) is 0 Å². The van der Waals surface area contributed by atoms with Crippen LogP contribution in [0.4, 0.5) is 0 Å². The third-order valence-electron chi connectivity index (χ3n) is 4.13. The third-order valence-corrected chi connectivity index (χ3v) is 5.15. The second kappa shape index (κ2) is 8.77. The highest BCUT2D eigenvalue weighted by atomic mass is 32.2. The molecule has 134 valence electrons. The number of benzene rings is 2. The molecule has 0 aliphatic heterocycles. The number of thioether (sulfide) groups is 1. The van der Waals surface area contributed by atoms with Gasteiger partial charge in [0.25, 0.3) is 5.91 Å². The van der Waals surface area contributed by atoms with E-state index in [2.05, 4.69) is 36.5 Å². The summed E-state index contributed by atoms with van der Waals surface area (Å²) in [6, 6.07) is 22.0. The lowest BCUT2D eigenvalue weighted by molar-refractivity contribution is 0.0910. The van der Waals surface area contributed by atoms with Crippen LogP contribution in [-0.4, -0.2) is 5.91 Å². The summed E-state index contributed by atoms with van der Waals surface area (Å²) in [5.41, 5.74) is 3.64. The molecule has 0 unspecified atom stereocenters. The summed E-state index contributed by atoms with van der Waals surface area (Å²) in [4.78, 5) is 12.4. The minimum atomic E-state index is -0.184. The van der Waals surface area contributed by atoms with Gasteiger partial charge in [0.2, 0.25) is 0 Å². The Labute approximate surface area is 158 Å². The Morgan fingerprint density at radius 2 is 1.85 bits per heavy atom. The van der Waals surface area contributed by atoms with E-state index in [1.54, 1.807) is 17.8 Å². The number of nitrogens with one attached hydrogen (secondary N) is 1. The molecule has 0 radical (unpaired) electrons. The molecule has 3 nitrogen and oxygen atoms in total. The molecule has 0 fully saturated rings. The number of carbonyl (C=O) groups is 1. The van der Waals surface area contributed by atoms with Gasteiger partial charge in [-0.2, -0.15) is 0 Å². The lowest BCUT2D eigenvalue weighted by atomic mass is 10.1. The molecule has 1 heterocycles. The van der Waals surface area contributed by atoms with Gasteiger partial charge >= 0.3 is 0 Å². The van der Waals surface area contributed by atoms with E-state index in [0.717, 1.165) is 22.8 Å². The van der Waals surface area contributed by atoms with Crippen molar-refractivity contribution in [3.05, 3.63) is 94.9 Å². The average Bonchev–Trinajstić information content (AvgIpc) is 3.11. The smallest absolute Gasteiger partial charge is 0.287 e. The van der Waals surface area contributed by atoms with Gasteiger partial charge < -0.3 is 9.73 Å². The molecule has 3 rings (SSSR count). The van der Waals surface area contributed by atoms with E-state index in [-0.39, 0.29) is 11.9 Å². The van der Waals surface area contributed by atoms with E-state index < -0.39 is 0 Å². The Kier molecular flexibility index (Phi) is 6.18. The lowest BCUT2D eigenvalue weighted by Gasteiger charge is -2.13. The van der Waals surface area contributed by atoms with Crippen LogP contribution in [0.3, 0.4) is 0 Å².